The minimum absolute atomic E-state index is 0.00370. The van der Waals surface area contributed by atoms with Crippen LogP contribution in [0.4, 0.5) is 11.4 Å². The van der Waals surface area contributed by atoms with Gasteiger partial charge in [-0.1, -0.05) is 0 Å². The molecule has 0 radical (unpaired) electrons. The van der Waals surface area contributed by atoms with Gasteiger partial charge in [0.15, 0.2) is 11.5 Å². The van der Waals surface area contributed by atoms with E-state index in [4.69, 9.17) is 18.9 Å². The smallest absolute Gasteiger partial charge is 0.343 e. The molecule has 0 bridgehead atoms. The van der Waals surface area contributed by atoms with Crippen LogP contribution in [0.15, 0.2) is 59.7 Å². The van der Waals surface area contributed by atoms with Crippen LogP contribution in [0.3, 0.4) is 0 Å². The fourth-order valence-electron chi connectivity index (χ4n) is 3.16. The molecule has 14 heteroatoms. The molecule has 14 nitrogen and oxygen atoms in total. The summed E-state index contributed by atoms with van der Waals surface area (Å²) in [5.41, 5.74) is 1.81. The van der Waals surface area contributed by atoms with Crippen molar-refractivity contribution in [2.75, 3.05) is 21.3 Å². The van der Waals surface area contributed by atoms with Gasteiger partial charge in [0.05, 0.1) is 43.0 Å². The number of carbonyl (C=O) groups excluding carboxylic acids is 2. The molecule has 38 heavy (non-hydrogen) atoms. The van der Waals surface area contributed by atoms with Gasteiger partial charge < -0.3 is 18.9 Å². The Bertz CT molecular complexity index is 1400. The number of ether oxygens (including phenoxy) is 4. The number of carbonyl (C=O) groups is 2. The average Bonchev–Trinajstić information content (AvgIpc) is 2.92. The first kappa shape index (κ1) is 27.1. The summed E-state index contributed by atoms with van der Waals surface area (Å²) in [6.07, 6.45) is 1.05. The Balaban J connectivity index is 1.86. The van der Waals surface area contributed by atoms with Gasteiger partial charge in [-0.2, -0.15) is 5.10 Å². The summed E-state index contributed by atoms with van der Waals surface area (Å²) in [7, 11) is 4.16. The van der Waals surface area contributed by atoms with Gasteiger partial charge in [-0.05, 0) is 30.3 Å². The molecule has 0 fully saturated rings. The molecule has 1 N–H and O–H groups in total. The number of methoxy groups -OCH3 is 3. The van der Waals surface area contributed by atoms with E-state index in [9.17, 15) is 29.8 Å². The van der Waals surface area contributed by atoms with E-state index < -0.39 is 21.7 Å². The molecular formula is C24H20N4O10. The lowest BCUT2D eigenvalue weighted by molar-refractivity contribution is -0.385. The molecule has 0 spiro atoms. The number of non-ortho nitro benzene ring substituents is 2. The number of nitrogens with zero attached hydrogens (tertiary/aromatic N) is 3. The van der Waals surface area contributed by atoms with E-state index in [2.05, 4.69) is 10.5 Å². The summed E-state index contributed by atoms with van der Waals surface area (Å²) < 4.78 is 21.1. The average molecular weight is 524 g/mol. The molecule has 0 saturated carbocycles. The Morgan fingerprint density at radius 1 is 0.789 bits per heavy atom. The summed E-state index contributed by atoms with van der Waals surface area (Å²) >= 11 is 0. The summed E-state index contributed by atoms with van der Waals surface area (Å²) in [6, 6.07) is 10.9. The van der Waals surface area contributed by atoms with Crippen LogP contribution in [0, 0.1) is 20.2 Å². The first-order valence-electron chi connectivity index (χ1n) is 10.6. The van der Waals surface area contributed by atoms with Crippen molar-refractivity contribution in [3.05, 3.63) is 91.5 Å². The number of amides is 1. The second-order valence-electron chi connectivity index (χ2n) is 7.29. The number of nitro benzene ring substituents is 2. The third-order valence-electron chi connectivity index (χ3n) is 5.02. The van der Waals surface area contributed by atoms with Crippen molar-refractivity contribution < 1.29 is 38.4 Å². The van der Waals surface area contributed by atoms with E-state index in [-0.39, 0.29) is 51.1 Å². The van der Waals surface area contributed by atoms with Gasteiger partial charge in [-0.15, -0.1) is 0 Å². The van der Waals surface area contributed by atoms with Crippen molar-refractivity contribution in [3.8, 4) is 23.0 Å². The molecule has 3 aromatic carbocycles. The minimum atomic E-state index is -0.845. The number of nitro groups is 2. The van der Waals surface area contributed by atoms with Gasteiger partial charge in [0.1, 0.15) is 5.75 Å². The quantitative estimate of drug-likeness (QED) is 0.135. The Kier molecular flexibility index (Phi) is 8.50. The van der Waals surface area contributed by atoms with Crippen LogP contribution < -0.4 is 24.4 Å². The van der Waals surface area contributed by atoms with Crippen LogP contribution in [0.1, 0.15) is 26.3 Å². The molecule has 1 amide bonds. The molecule has 3 rings (SSSR count). The lowest BCUT2D eigenvalue weighted by atomic mass is 10.1. The molecule has 0 aliphatic carbocycles. The standard InChI is InChI=1S/C24H20N4O10/c1-35-20-11-15(12-21(36-2)22(20)37-3)24(30)38-19-9-8-18(28(33)34)10-16(19)13-25-26-23(29)14-4-6-17(7-5-14)27(31)32/h4-13H,1-3H3,(H,26,29)/b25-13+. The van der Waals surface area contributed by atoms with Crippen LogP contribution in [-0.4, -0.2) is 49.3 Å². The maximum Gasteiger partial charge on any atom is 0.343 e. The third-order valence-corrected chi connectivity index (χ3v) is 5.02. The number of benzene rings is 3. The zero-order valence-electron chi connectivity index (χ0n) is 20.2. The van der Waals surface area contributed by atoms with Crippen LogP contribution >= 0.6 is 0 Å². The summed E-state index contributed by atoms with van der Waals surface area (Å²) in [4.78, 5) is 45.9. The Hall–Kier alpha value is -5.53. The molecular weight excluding hydrogens is 504 g/mol. The Labute approximate surface area is 214 Å². The highest BCUT2D eigenvalue weighted by atomic mass is 16.6. The van der Waals surface area contributed by atoms with Crippen LogP contribution in [-0.2, 0) is 0 Å². The number of esters is 1. The second kappa shape index (κ2) is 11.9. The predicted molar refractivity (Wildman–Crippen MR) is 132 cm³/mol. The fourth-order valence-corrected chi connectivity index (χ4v) is 3.16. The summed E-state index contributed by atoms with van der Waals surface area (Å²) in [6.45, 7) is 0. The molecule has 0 aliphatic rings. The van der Waals surface area contributed by atoms with Gasteiger partial charge in [0.25, 0.3) is 17.3 Å². The molecule has 0 unspecified atom stereocenters. The van der Waals surface area contributed by atoms with E-state index in [0.29, 0.717) is 0 Å². The van der Waals surface area contributed by atoms with Gasteiger partial charge in [0, 0.05) is 35.4 Å². The van der Waals surface area contributed by atoms with Crippen molar-refractivity contribution in [3.63, 3.8) is 0 Å². The fraction of sp³-hybridized carbons (Fsp3) is 0.125. The molecule has 0 aromatic heterocycles. The van der Waals surface area contributed by atoms with Gasteiger partial charge in [0.2, 0.25) is 5.75 Å². The van der Waals surface area contributed by atoms with Crippen LogP contribution in [0.25, 0.3) is 0 Å². The molecule has 0 aliphatic heterocycles. The van der Waals surface area contributed by atoms with E-state index >= 15 is 0 Å². The first-order chi connectivity index (χ1) is 18.2. The topological polar surface area (TPSA) is 182 Å². The zero-order chi connectivity index (χ0) is 27.8. The molecule has 0 atom stereocenters. The predicted octanol–water partition coefficient (Wildman–Crippen LogP) is 3.51. The van der Waals surface area contributed by atoms with Crippen LogP contribution in [0.2, 0.25) is 0 Å². The normalized spacial score (nSPS) is 10.5. The summed E-state index contributed by atoms with van der Waals surface area (Å²) in [5, 5.41) is 25.8. The van der Waals surface area contributed by atoms with Crippen molar-refractivity contribution >= 4 is 29.5 Å². The number of nitrogens with one attached hydrogen (secondary N) is 1. The number of hydrazone groups is 1. The monoisotopic (exact) mass is 524 g/mol. The third kappa shape index (κ3) is 6.17. The van der Waals surface area contributed by atoms with Crippen molar-refractivity contribution in [1.82, 2.24) is 5.43 Å². The van der Waals surface area contributed by atoms with Crippen LogP contribution in [0.5, 0.6) is 23.0 Å². The highest BCUT2D eigenvalue weighted by Gasteiger charge is 2.20. The maximum absolute atomic E-state index is 12.9. The van der Waals surface area contributed by atoms with E-state index in [0.717, 1.165) is 30.5 Å². The maximum atomic E-state index is 12.9. The highest BCUT2D eigenvalue weighted by Crippen LogP contribution is 2.38. The highest BCUT2D eigenvalue weighted by molar-refractivity contribution is 5.96. The molecule has 0 heterocycles. The van der Waals surface area contributed by atoms with Crippen molar-refractivity contribution in [1.29, 1.82) is 0 Å². The SMILES string of the molecule is COc1cc(C(=O)Oc2ccc([N+](=O)[O-])cc2/C=N/NC(=O)c2ccc([N+](=O)[O-])cc2)cc(OC)c1OC. The Morgan fingerprint density at radius 3 is 1.89 bits per heavy atom. The van der Waals surface area contributed by atoms with Gasteiger partial charge in [-0.25, -0.2) is 10.2 Å². The van der Waals surface area contributed by atoms with Crippen molar-refractivity contribution in [2.45, 2.75) is 0 Å². The zero-order valence-corrected chi connectivity index (χ0v) is 20.2. The van der Waals surface area contributed by atoms with E-state index in [1.54, 1.807) is 0 Å². The second-order valence-corrected chi connectivity index (χ2v) is 7.29. The lowest BCUT2D eigenvalue weighted by Crippen LogP contribution is -2.17. The number of hydrogen-bond acceptors (Lipinski definition) is 11. The lowest BCUT2D eigenvalue weighted by Gasteiger charge is -2.14. The first-order valence-corrected chi connectivity index (χ1v) is 10.6. The van der Waals surface area contributed by atoms with E-state index in [1.807, 2.05) is 0 Å². The molecule has 3 aromatic rings. The molecule has 0 saturated heterocycles. The number of hydrogen-bond donors (Lipinski definition) is 1. The van der Waals surface area contributed by atoms with Gasteiger partial charge in [-0.3, -0.25) is 25.0 Å². The summed E-state index contributed by atoms with van der Waals surface area (Å²) in [5.74, 6) is -0.960. The van der Waals surface area contributed by atoms with Crippen molar-refractivity contribution in [2.24, 2.45) is 5.10 Å². The van der Waals surface area contributed by atoms with Gasteiger partial charge >= 0.3 is 5.97 Å². The number of rotatable bonds is 10. The molecule has 196 valence electrons. The largest absolute Gasteiger partial charge is 0.493 e. The Morgan fingerprint density at radius 2 is 1.37 bits per heavy atom. The minimum Gasteiger partial charge on any atom is -0.493 e. The van der Waals surface area contributed by atoms with E-state index in [1.165, 1.54) is 51.7 Å².